The van der Waals surface area contributed by atoms with Crippen LogP contribution in [0.5, 0.6) is 17.2 Å². The first-order valence-corrected chi connectivity index (χ1v) is 10.6. The van der Waals surface area contributed by atoms with Crippen molar-refractivity contribution in [3.8, 4) is 17.2 Å². The van der Waals surface area contributed by atoms with Crippen molar-refractivity contribution >= 4 is 22.3 Å². The average molecular weight is 449 g/mol. The first kappa shape index (κ1) is 21.4. The van der Waals surface area contributed by atoms with Gasteiger partial charge in [0.15, 0.2) is 5.78 Å². The summed E-state index contributed by atoms with van der Waals surface area (Å²) < 4.78 is 5.95. The van der Waals surface area contributed by atoms with Gasteiger partial charge in [0.05, 0.1) is 29.4 Å². The maximum absolute atomic E-state index is 13.5. The van der Waals surface area contributed by atoms with Crippen LogP contribution in [0.25, 0.3) is 10.8 Å². The lowest BCUT2D eigenvalue weighted by Gasteiger charge is -2.37. The Hall–Kier alpha value is -3.46. The number of hydrogen-bond acceptors (Lipinski definition) is 8. The molecule has 1 aliphatic heterocycles. The highest BCUT2D eigenvalue weighted by Gasteiger charge is 2.41. The Morgan fingerprint density at radius 1 is 1.00 bits per heavy atom. The van der Waals surface area contributed by atoms with Gasteiger partial charge in [0.25, 0.3) is 0 Å². The number of phenols is 3. The highest BCUT2D eigenvalue weighted by atomic mass is 16.5. The van der Waals surface area contributed by atoms with Gasteiger partial charge in [-0.25, -0.2) is 0 Å². The zero-order valence-electron chi connectivity index (χ0n) is 18.0. The standard InChI is InChI=1S/C25H23NO7/c1-9-6-12-17(15(28)7-9)20-21(24(31)18-11(23(20)30)4-3-5-14(18)27)25(32)19(12)16-8-13(26)22(29)10(2)33-16/h3-7,10,13,16,22,27-29,32H,8,26H2,1-2H3. The maximum Gasteiger partial charge on any atom is 0.202 e. The predicted octanol–water partition coefficient (Wildman–Crippen LogP) is 2.58. The SMILES string of the molecule is Cc1cc(O)c2c3c(c(O)c(C4CC(N)C(O)C(C)O4)c2c1)C(=O)c1c(O)cccc1C3=O. The molecule has 0 radical (unpaired) electrons. The van der Waals surface area contributed by atoms with E-state index in [0.717, 1.165) is 0 Å². The number of carbonyl (C=O) groups excluding carboxylic acids is 2. The number of carbonyl (C=O) groups is 2. The number of aromatic hydroxyl groups is 3. The minimum absolute atomic E-state index is 0.00592. The molecule has 33 heavy (non-hydrogen) atoms. The molecular weight excluding hydrogens is 426 g/mol. The van der Waals surface area contributed by atoms with E-state index in [0.29, 0.717) is 10.9 Å². The molecule has 1 fully saturated rings. The van der Waals surface area contributed by atoms with Gasteiger partial charge in [0.2, 0.25) is 5.78 Å². The van der Waals surface area contributed by atoms with Gasteiger partial charge in [-0.05, 0) is 43.4 Å². The van der Waals surface area contributed by atoms with Crippen LogP contribution >= 0.6 is 0 Å². The molecule has 3 aromatic carbocycles. The third-order valence-corrected chi connectivity index (χ3v) is 6.62. The summed E-state index contributed by atoms with van der Waals surface area (Å²) in [5.74, 6) is -2.38. The van der Waals surface area contributed by atoms with Crippen molar-refractivity contribution in [3.63, 3.8) is 0 Å². The molecule has 0 spiro atoms. The van der Waals surface area contributed by atoms with Gasteiger partial charge in [-0.2, -0.15) is 0 Å². The lowest BCUT2D eigenvalue weighted by molar-refractivity contribution is -0.119. The lowest BCUT2D eigenvalue weighted by Crippen LogP contribution is -2.48. The van der Waals surface area contributed by atoms with Crippen molar-refractivity contribution in [1.82, 2.24) is 0 Å². The topological polar surface area (TPSA) is 150 Å². The summed E-state index contributed by atoms with van der Waals surface area (Å²) in [5.41, 5.74) is 6.35. The van der Waals surface area contributed by atoms with Gasteiger partial charge in [-0.3, -0.25) is 9.59 Å². The molecule has 0 saturated carbocycles. The van der Waals surface area contributed by atoms with Crippen LogP contribution in [0.15, 0.2) is 30.3 Å². The molecule has 0 aromatic heterocycles. The second-order valence-corrected chi connectivity index (χ2v) is 8.80. The number of benzene rings is 3. The molecule has 5 rings (SSSR count). The summed E-state index contributed by atoms with van der Waals surface area (Å²) in [6.07, 6.45) is -2.22. The summed E-state index contributed by atoms with van der Waals surface area (Å²) in [5, 5.41) is 43.3. The van der Waals surface area contributed by atoms with Gasteiger partial charge < -0.3 is 30.9 Å². The first-order chi connectivity index (χ1) is 15.6. The molecule has 3 aromatic rings. The Morgan fingerprint density at radius 2 is 1.73 bits per heavy atom. The van der Waals surface area contributed by atoms with E-state index in [2.05, 4.69) is 0 Å². The number of nitrogens with two attached hydrogens (primary N) is 1. The monoisotopic (exact) mass is 449 g/mol. The normalized spacial score (nSPS) is 24.6. The van der Waals surface area contributed by atoms with Crippen LogP contribution < -0.4 is 5.73 Å². The van der Waals surface area contributed by atoms with E-state index in [1.807, 2.05) is 0 Å². The molecule has 1 saturated heterocycles. The summed E-state index contributed by atoms with van der Waals surface area (Å²) in [4.78, 5) is 26.9. The smallest absolute Gasteiger partial charge is 0.202 e. The minimum Gasteiger partial charge on any atom is -0.507 e. The van der Waals surface area contributed by atoms with Crippen molar-refractivity contribution in [2.24, 2.45) is 5.73 Å². The van der Waals surface area contributed by atoms with Gasteiger partial charge in [0, 0.05) is 28.1 Å². The molecule has 2 aliphatic rings. The van der Waals surface area contributed by atoms with E-state index >= 15 is 0 Å². The second kappa shape index (κ2) is 7.28. The summed E-state index contributed by atoms with van der Waals surface area (Å²) in [6.45, 7) is 3.40. The van der Waals surface area contributed by atoms with Crippen LogP contribution in [0.2, 0.25) is 0 Å². The predicted molar refractivity (Wildman–Crippen MR) is 119 cm³/mol. The number of fused-ring (bicyclic) bond motifs is 4. The number of aliphatic hydroxyl groups is 1. The lowest BCUT2D eigenvalue weighted by atomic mass is 9.77. The Labute approximate surface area is 188 Å². The molecule has 8 nitrogen and oxygen atoms in total. The Bertz CT molecular complexity index is 1350. The fourth-order valence-electron chi connectivity index (χ4n) is 5.07. The Morgan fingerprint density at radius 3 is 2.42 bits per heavy atom. The largest absolute Gasteiger partial charge is 0.507 e. The zero-order chi connectivity index (χ0) is 23.8. The number of hydrogen-bond donors (Lipinski definition) is 5. The number of aryl methyl sites for hydroxylation is 1. The molecule has 1 heterocycles. The maximum atomic E-state index is 13.5. The van der Waals surface area contributed by atoms with Gasteiger partial charge in [-0.15, -0.1) is 0 Å². The summed E-state index contributed by atoms with van der Waals surface area (Å²) in [7, 11) is 0. The first-order valence-electron chi connectivity index (χ1n) is 10.6. The minimum atomic E-state index is -0.908. The van der Waals surface area contributed by atoms with E-state index in [1.54, 1.807) is 19.9 Å². The molecule has 4 unspecified atom stereocenters. The molecule has 1 aliphatic carbocycles. The van der Waals surface area contributed by atoms with Crippen LogP contribution in [0.4, 0.5) is 0 Å². The molecule has 0 bridgehead atoms. The van der Waals surface area contributed by atoms with Crippen molar-refractivity contribution in [1.29, 1.82) is 0 Å². The van der Waals surface area contributed by atoms with Crippen molar-refractivity contribution in [3.05, 3.63) is 63.7 Å². The fraction of sp³-hybridized carbons (Fsp3) is 0.280. The van der Waals surface area contributed by atoms with E-state index in [4.69, 9.17) is 10.5 Å². The fourth-order valence-corrected chi connectivity index (χ4v) is 5.07. The third-order valence-electron chi connectivity index (χ3n) is 6.62. The molecule has 0 amide bonds. The number of ether oxygens (including phenoxy) is 1. The van der Waals surface area contributed by atoms with Crippen LogP contribution in [0, 0.1) is 6.92 Å². The third kappa shape index (κ3) is 2.95. The second-order valence-electron chi connectivity index (χ2n) is 8.80. The van der Waals surface area contributed by atoms with E-state index < -0.39 is 41.7 Å². The number of ketones is 2. The van der Waals surface area contributed by atoms with Gasteiger partial charge >= 0.3 is 0 Å². The van der Waals surface area contributed by atoms with Crippen LogP contribution in [0.3, 0.4) is 0 Å². The van der Waals surface area contributed by atoms with Crippen LogP contribution in [0.1, 0.15) is 62.4 Å². The quantitative estimate of drug-likeness (QED) is 0.298. The molecule has 170 valence electrons. The Kier molecular flexibility index (Phi) is 4.72. The Balaban J connectivity index is 1.88. The average Bonchev–Trinajstić information content (AvgIpc) is 2.74. The van der Waals surface area contributed by atoms with Crippen LogP contribution in [-0.2, 0) is 4.74 Å². The van der Waals surface area contributed by atoms with E-state index in [-0.39, 0.29) is 51.1 Å². The highest BCUT2D eigenvalue weighted by Crippen LogP contribution is 2.49. The summed E-state index contributed by atoms with van der Waals surface area (Å²) >= 11 is 0. The molecule has 8 heteroatoms. The zero-order valence-corrected chi connectivity index (χ0v) is 18.0. The number of aliphatic hydroxyl groups excluding tert-OH is 1. The highest BCUT2D eigenvalue weighted by molar-refractivity contribution is 6.34. The van der Waals surface area contributed by atoms with E-state index in [1.165, 1.54) is 24.3 Å². The van der Waals surface area contributed by atoms with Crippen molar-refractivity contribution in [2.75, 3.05) is 0 Å². The molecule has 6 N–H and O–H groups in total. The van der Waals surface area contributed by atoms with Crippen molar-refractivity contribution < 1.29 is 34.8 Å². The number of rotatable bonds is 1. The molecule has 4 atom stereocenters. The van der Waals surface area contributed by atoms with Crippen LogP contribution in [-0.4, -0.2) is 50.2 Å². The number of phenolic OH excluding ortho intramolecular Hbond substituents is 3. The molecular formula is C25H23NO7. The van der Waals surface area contributed by atoms with Gasteiger partial charge in [-0.1, -0.05) is 18.2 Å². The van der Waals surface area contributed by atoms with Gasteiger partial charge in [0.1, 0.15) is 17.2 Å². The van der Waals surface area contributed by atoms with Crippen molar-refractivity contribution in [2.45, 2.75) is 44.6 Å². The van der Waals surface area contributed by atoms with E-state index in [9.17, 15) is 30.0 Å². The summed E-state index contributed by atoms with van der Waals surface area (Å²) in [6, 6.07) is 6.69.